The highest BCUT2D eigenvalue weighted by atomic mass is 16.5. The average Bonchev–Trinajstić information content (AvgIpc) is 2.48. The van der Waals surface area contributed by atoms with Gasteiger partial charge in [0, 0.05) is 6.04 Å². The Morgan fingerprint density at radius 1 is 1.00 bits per heavy atom. The van der Waals surface area contributed by atoms with Gasteiger partial charge >= 0.3 is 0 Å². The molecule has 0 aliphatic rings. The van der Waals surface area contributed by atoms with Gasteiger partial charge in [-0.05, 0) is 50.4 Å². The van der Waals surface area contributed by atoms with Crippen molar-refractivity contribution in [2.75, 3.05) is 14.2 Å². The number of benzene rings is 1. The van der Waals surface area contributed by atoms with Crippen LogP contribution in [0.4, 0.5) is 0 Å². The smallest absolute Gasteiger partial charge is 0.145 e. The summed E-state index contributed by atoms with van der Waals surface area (Å²) < 4.78 is 10.8. The molecular formula is C15H18N2O2. The van der Waals surface area contributed by atoms with Gasteiger partial charge in [0.2, 0.25) is 0 Å². The van der Waals surface area contributed by atoms with Gasteiger partial charge in [-0.15, -0.1) is 0 Å². The van der Waals surface area contributed by atoms with Crippen molar-refractivity contribution >= 4 is 0 Å². The first-order chi connectivity index (χ1) is 9.22. The first-order valence-corrected chi connectivity index (χ1v) is 6.18. The molecule has 0 radical (unpaired) electrons. The van der Waals surface area contributed by atoms with E-state index in [2.05, 4.69) is 17.2 Å². The Labute approximate surface area is 113 Å². The maximum absolute atomic E-state index is 5.71. The van der Waals surface area contributed by atoms with E-state index in [1.807, 2.05) is 43.4 Å². The Balaban J connectivity index is 2.06. The molecule has 0 amide bonds. The quantitative estimate of drug-likeness (QED) is 0.894. The zero-order valence-corrected chi connectivity index (χ0v) is 11.4. The summed E-state index contributed by atoms with van der Waals surface area (Å²) in [5, 5.41) is 3.15. The van der Waals surface area contributed by atoms with Gasteiger partial charge in [0.25, 0.3) is 0 Å². The topological polar surface area (TPSA) is 43.4 Å². The van der Waals surface area contributed by atoms with Crippen molar-refractivity contribution in [2.45, 2.75) is 13.0 Å². The molecule has 0 aliphatic carbocycles. The number of pyridine rings is 1. The second kappa shape index (κ2) is 6.20. The Bertz CT molecular complexity index is 509. The highest BCUT2D eigenvalue weighted by Crippen LogP contribution is 2.23. The SMILES string of the molecule is CNC(C)c1ccc(Oc2ccc(OC)cc2)cn1. The van der Waals surface area contributed by atoms with Gasteiger partial charge in [-0.25, -0.2) is 0 Å². The van der Waals surface area contributed by atoms with Crippen LogP contribution in [0.25, 0.3) is 0 Å². The minimum absolute atomic E-state index is 0.232. The summed E-state index contributed by atoms with van der Waals surface area (Å²) in [6.45, 7) is 2.06. The summed E-state index contributed by atoms with van der Waals surface area (Å²) in [4.78, 5) is 4.37. The summed E-state index contributed by atoms with van der Waals surface area (Å²) >= 11 is 0. The molecule has 19 heavy (non-hydrogen) atoms. The third-order valence-corrected chi connectivity index (χ3v) is 2.93. The molecule has 1 aromatic carbocycles. The lowest BCUT2D eigenvalue weighted by atomic mass is 10.2. The summed E-state index contributed by atoms with van der Waals surface area (Å²) in [5.74, 6) is 2.29. The average molecular weight is 258 g/mol. The van der Waals surface area contributed by atoms with Gasteiger partial charge in [-0.2, -0.15) is 0 Å². The largest absolute Gasteiger partial charge is 0.497 e. The molecule has 0 spiro atoms. The first kappa shape index (κ1) is 13.4. The Hall–Kier alpha value is -2.07. The van der Waals surface area contributed by atoms with Crippen molar-refractivity contribution < 1.29 is 9.47 Å². The summed E-state index contributed by atoms with van der Waals surface area (Å²) in [7, 11) is 3.55. The molecule has 1 unspecified atom stereocenters. The van der Waals surface area contributed by atoms with Crippen LogP contribution in [0, 0.1) is 0 Å². The number of hydrogen-bond donors (Lipinski definition) is 1. The Morgan fingerprint density at radius 3 is 2.16 bits per heavy atom. The molecule has 4 nitrogen and oxygen atoms in total. The van der Waals surface area contributed by atoms with Gasteiger partial charge in [0.1, 0.15) is 17.2 Å². The Kier molecular flexibility index (Phi) is 4.36. The molecule has 4 heteroatoms. The van der Waals surface area contributed by atoms with E-state index >= 15 is 0 Å². The predicted molar refractivity (Wildman–Crippen MR) is 74.8 cm³/mol. The lowest BCUT2D eigenvalue weighted by Crippen LogP contribution is -2.13. The lowest BCUT2D eigenvalue weighted by molar-refractivity contribution is 0.412. The maximum atomic E-state index is 5.71. The standard InChI is InChI=1S/C15H18N2O2/c1-11(16-2)15-9-8-14(10-17-15)19-13-6-4-12(18-3)5-7-13/h4-11,16H,1-3H3. The van der Waals surface area contributed by atoms with Crippen LogP contribution in [-0.4, -0.2) is 19.1 Å². The molecule has 0 bridgehead atoms. The molecule has 1 heterocycles. The molecule has 0 saturated heterocycles. The highest BCUT2D eigenvalue weighted by molar-refractivity contribution is 5.34. The van der Waals surface area contributed by atoms with E-state index in [-0.39, 0.29) is 6.04 Å². The third-order valence-electron chi connectivity index (χ3n) is 2.93. The predicted octanol–water partition coefficient (Wildman–Crippen LogP) is 3.16. The fourth-order valence-corrected chi connectivity index (χ4v) is 1.64. The van der Waals surface area contributed by atoms with Crippen molar-refractivity contribution in [2.24, 2.45) is 0 Å². The van der Waals surface area contributed by atoms with Crippen LogP contribution >= 0.6 is 0 Å². The zero-order chi connectivity index (χ0) is 13.7. The van der Waals surface area contributed by atoms with E-state index < -0.39 is 0 Å². The van der Waals surface area contributed by atoms with Gasteiger partial charge in [-0.1, -0.05) is 0 Å². The monoisotopic (exact) mass is 258 g/mol. The van der Waals surface area contributed by atoms with Crippen LogP contribution in [0.1, 0.15) is 18.7 Å². The number of rotatable bonds is 5. The van der Waals surface area contributed by atoms with E-state index in [1.54, 1.807) is 13.3 Å². The zero-order valence-electron chi connectivity index (χ0n) is 11.4. The number of hydrogen-bond acceptors (Lipinski definition) is 4. The fraction of sp³-hybridized carbons (Fsp3) is 0.267. The third kappa shape index (κ3) is 3.45. The second-order valence-electron chi connectivity index (χ2n) is 4.21. The van der Waals surface area contributed by atoms with E-state index in [4.69, 9.17) is 9.47 Å². The normalized spacial score (nSPS) is 11.9. The summed E-state index contributed by atoms with van der Waals surface area (Å²) in [6.07, 6.45) is 1.73. The van der Waals surface area contributed by atoms with E-state index in [1.165, 1.54) is 0 Å². The summed E-state index contributed by atoms with van der Waals surface area (Å²) in [5.41, 5.74) is 0.990. The number of nitrogens with zero attached hydrogens (tertiary/aromatic N) is 1. The molecule has 0 fully saturated rings. The maximum Gasteiger partial charge on any atom is 0.145 e. The van der Waals surface area contributed by atoms with Crippen molar-refractivity contribution in [3.05, 3.63) is 48.3 Å². The Morgan fingerprint density at radius 2 is 1.63 bits per heavy atom. The number of ether oxygens (including phenoxy) is 2. The van der Waals surface area contributed by atoms with E-state index in [0.29, 0.717) is 0 Å². The van der Waals surface area contributed by atoms with E-state index in [9.17, 15) is 0 Å². The molecule has 1 N–H and O–H groups in total. The van der Waals surface area contributed by atoms with Crippen molar-refractivity contribution in [3.8, 4) is 17.2 Å². The summed E-state index contributed by atoms with van der Waals surface area (Å²) in [6, 6.07) is 11.6. The minimum atomic E-state index is 0.232. The fourth-order valence-electron chi connectivity index (χ4n) is 1.64. The van der Waals surface area contributed by atoms with Crippen molar-refractivity contribution in [1.82, 2.24) is 10.3 Å². The highest BCUT2D eigenvalue weighted by Gasteiger charge is 2.04. The first-order valence-electron chi connectivity index (χ1n) is 6.18. The van der Waals surface area contributed by atoms with Crippen LogP contribution in [-0.2, 0) is 0 Å². The molecule has 0 saturated carbocycles. The molecule has 100 valence electrons. The molecule has 2 rings (SSSR count). The number of methoxy groups -OCH3 is 1. The van der Waals surface area contributed by atoms with Gasteiger partial charge < -0.3 is 14.8 Å². The van der Waals surface area contributed by atoms with Crippen LogP contribution in [0.5, 0.6) is 17.2 Å². The van der Waals surface area contributed by atoms with Crippen LogP contribution in [0.3, 0.4) is 0 Å². The van der Waals surface area contributed by atoms with Crippen LogP contribution in [0.15, 0.2) is 42.6 Å². The van der Waals surface area contributed by atoms with Gasteiger partial charge in [-0.3, -0.25) is 4.98 Å². The van der Waals surface area contributed by atoms with Gasteiger partial charge in [0.15, 0.2) is 0 Å². The number of nitrogens with one attached hydrogen (secondary N) is 1. The molecule has 1 aromatic heterocycles. The van der Waals surface area contributed by atoms with Crippen molar-refractivity contribution in [3.63, 3.8) is 0 Å². The van der Waals surface area contributed by atoms with Crippen LogP contribution < -0.4 is 14.8 Å². The number of aromatic nitrogens is 1. The van der Waals surface area contributed by atoms with Crippen LogP contribution in [0.2, 0.25) is 0 Å². The molecular weight excluding hydrogens is 240 g/mol. The second-order valence-corrected chi connectivity index (χ2v) is 4.21. The van der Waals surface area contributed by atoms with E-state index in [0.717, 1.165) is 22.9 Å². The molecule has 1 atom stereocenters. The molecule has 0 aliphatic heterocycles. The van der Waals surface area contributed by atoms with Crippen molar-refractivity contribution in [1.29, 1.82) is 0 Å². The minimum Gasteiger partial charge on any atom is -0.497 e. The molecule has 2 aromatic rings. The van der Waals surface area contributed by atoms with Gasteiger partial charge in [0.05, 0.1) is 19.0 Å². The lowest BCUT2D eigenvalue weighted by Gasteiger charge is -2.10.